The molecule has 2 unspecified atom stereocenters. The summed E-state index contributed by atoms with van der Waals surface area (Å²) in [5.41, 5.74) is 0.159. The fraction of sp³-hybridized carbons (Fsp3) is 0.947. The quantitative estimate of drug-likeness (QED) is 0.544. The maximum atomic E-state index is 9.66. The summed E-state index contributed by atoms with van der Waals surface area (Å²) >= 11 is 0. The molecule has 24 heavy (non-hydrogen) atoms. The molecule has 1 saturated heterocycles. The van der Waals surface area contributed by atoms with Crippen LogP contribution in [0.2, 0.25) is 0 Å². The summed E-state index contributed by atoms with van der Waals surface area (Å²) in [4.78, 5) is 4.87. The second-order valence-corrected chi connectivity index (χ2v) is 8.43. The Morgan fingerprint density at radius 2 is 1.88 bits per heavy atom. The van der Waals surface area contributed by atoms with Crippen molar-refractivity contribution in [1.82, 2.24) is 10.6 Å². The van der Waals surface area contributed by atoms with Crippen molar-refractivity contribution >= 4 is 5.96 Å². The Morgan fingerprint density at radius 1 is 1.17 bits per heavy atom. The van der Waals surface area contributed by atoms with Crippen molar-refractivity contribution in [2.45, 2.75) is 84.5 Å². The molecule has 2 rings (SSSR count). The van der Waals surface area contributed by atoms with Crippen LogP contribution in [0, 0.1) is 11.3 Å². The third kappa shape index (κ3) is 5.92. The average molecular weight is 340 g/mol. The van der Waals surface area contributed by atoms with Crippen molar-refractivity contribution in [2.75, 3.05) is 19.7 Å². The van der Waals surface area contributed by atoms with E-state index in [2.05, 4.69) is 38.3 Å². The fourth-order valence-electron chi connectivity index (χ4n) is 3.93. The van der Waals surface area contributed by atoms with Gasteiger partial charge in [0.25, 0.3) is 0 Å². The summed E-state index contributed by atoms with van der Waals surface area (Å²) in [7, 11) is 0. The maximum absolute atomic E-state index is 9.66. The van der Waals surface area contributed by atoms with E-state index in [0.29, 0.717) is 12.0 Å². The van der Waals surface area contributed by atoms with E-state index in [0.717, 1.165) is 57.8 Å². The molecule has 0 radical (unpaired) electrons. The molecule has 0 aromatic rings. The number of hydrogen-bond acceptors (Lipinski definition) is 3. The average Bonchev–Trinajstić information content (AvgIpc) is 2.54. The molecule has 1 heterocycles. The van der Waals surface area contributed by atoms with Crippen LogP contribution in [-0.2, 0) is 4.74 Å². The van der Waals surface area contributed by atoms with Gasteiger partial charge in [0.1, 0.15) is 0 Å². The summed E-state index contributed by atoms with van der Waals surface area (Å²) in [6, 6.07) is 0.423. The van der Waals surface area contributed by atoms with Crippen molar-refractivity contribution < 1.29 is 9.84 Å². The smallest absolute Gasteiger partial charge is 0.191 e. The number of rotatable bonds is 4. The van der Waals surface area contributed by atoms with Gasteiger partial charge in [-0.15, -0.1) is 0 Å². The highest BCUT2D eigenvalue weighted by Gasteiger charge is 2.35. The first-order chi connectivity index (χ1) is 11.4. The molecule has 1 saturated carbocycles. The van der Waals surface area contributed by atoms with Crippen LogP contribution in [0.25, 0.3) is 0 Å². The standard InChI is InChI=1S/C19H37N3O2/c1-5-20-18(22-15-8-10-16(23)11-9-15)21-13-14-7-6-12-24-17(14)19(2,3)4/h14-17,23H,5-13H2,1-4H3,(H2,20,21,22). The molecule has 0 amide bonds. The lowest BCUT2D eigenvalue weighted by molar-refractivity contribution is -0.0823. The van der Waals surface area contributed by atoms with Crippen LogP contribution in [0.4, 0.5) is 0 Å². The molecule has 3 N–H and O–H groups in total. The second kappa shape index (κ2) is 9.04. The first kappa shape index (κ1) is 19.5. The monoisotopic (exact) mass is 339 g/mol. The highest BCUT2D eigenvalue weighted by atomic mass is 16.5. The number of hydrogen-bond donors (Lipinski definition) is 3. The fourth-order valence-corrected chi connectivity index (χ4v) is 3.93. The first-order valence-electron chi connectivity index (χ1n) is 9.74. The molecule has 2 fully saturated rings. The molecule has 140 valence electrons. The molecule has 2 aliphatic rings. The Morgan fingerprint density at radius 3 is 2.50 bits per heavy atom. The van der Waals surface area contributed by atoms with Crippen LogP contribution >= 0.6 is 0 Å². The van der Waals surface area contributed by atoms with E-state index >= 15 is 0 Å². The molecule has 0 aromatic heterocycles. The van der Waals surface area contributed by atoms with Gasteiger partial charge in [-0.1, -0.05) is 20.8 Å². The van der Waals surface area contributed by atoms with Crippen LogP contribution in [-0.4, -0.2) is 49.0 Å². The highest BCUT2D eigenvalue weighted by Crippen LogP contribution is 2.34. The van der Waals surface area contributed by atoms with Gasteiger partial charge in [-0.25, -0.2) is 0 Å². The number of guanidine groups is 1. The van der Waals surface area contributed by atoms with Crippen molar-refractivity contribution in [3.63, 3.8) is 0 Å². The van der Waals surface area contributed by atoms with Gasteiger partial charge in [-0.05, 0) is 50.9 Å². The Bertz CT molecular complexity index is 398. The number of nitrogens with one attached hydrogen (secondary N) is 2. The lowest BCUT2D eigenvalue weighted by Crippen LogP contribution is -2.46. The van der Waals surface area contributed by atoms with E-state index in [9.17, 15) is 5.11 Å². The van der Waals surface area contributed by atoms with Crippen molar-refractivity contribution in [3.05, 3.63) is 0 Å². The Kier molecular flexibility index (Phi) is 7.35. The van der Waals surface area contributed by atoms with E-state index in [1.165, 1.54) is 6.42 Å². The van der Waals surface area contributed by atoms with Gasteiger partial charge in [0, 0.05) is 31.7 Å². The van der Waals surface area contributed by atoms with E-state index < -0.39 is 0 Å². The molecule has 2 atom stereocenters. The molecular formula is C19H37N3O2. The van der Waals surface area contributed by atoms with E-state index in [4.69, 9.17) is 9.73 Å². The zero-order valence-corrected chi connectivity index (χ0v) is 16.0. The summed E-state index contributed by atoms with van der Waals surface area (Å²) < 4.78 is 6.07. The first-order valence-corrected chi connectivity index (χ1v) is 9.74. The van der Waals surface area contributed by atoms with Crippen LogP contribution in [0.1, 0.15) is 66.2 Å². The van der Waals surface area contributed by atoms with Crippen LogP contribution in [0.5, 0.6) is 0 Å². The van der Waals surface area contributed by atoms with Crippen LogP contribution < -0.4 is 10.6 Å². The zero-order chi connectivity index (χ0) is 17.6. The molecular weight excluding hydrogens is 302 g/mol. The highest BCUT2D eigenvalue weighted by molar-refractivity contribution is 5.80. The summed E-state index contributed by atoms with van der Waals surface area (Å²) in [5, 5.41) is 16.6. The van der Waals surface area contributed by atoms with Crippen molar-refractivity contribution in [3.8, 4) is 0 Å². The normalized spacial score (nSPS) is 32.5. The molecule has 0 aromatic carbocycles. The van der Waals surface area contributed by atoms with Gasteiger partial charge in [-0.3, -0.25) is 4.99 Å². The Hall–Kier alpha value is -0.810. The lowest BCUT2D eigenvalue weighted by Gasteiger charge is -2.39. The molecule has 5 heteroatoms. The SMILES string of the molecule is CCNC(=NCC1CCCOC1C(C)(C)C)NC1CCC(O)CC1. The second-order valence-electron chi connectivity index (χ2n) is 8.43. The predicted octanol–water partition coefficient (Wildman–Crippen LogP) is 2.69. The van der Waals surface area contributed by atoms with E-state index in [1.807, 2.05) is 0 Å². The maximum Gasteiger partial charge on any atom is 0.191 e. The van der Waals surface area contributed by atoms with E-state index in [1.54, 1.807) is 0 Å². The summed E-state index contributed by atoms with van der Waals surface area (Å²) in [5.74, 6) is 1.40. The number of aliphatic hydroxyl groups excluding tert-OH is 1. The Balaban J connectivity index is 1.93. The van der Waals surface area contributed by atoms with Crippen molar-refractivity contribution in [2.24, 2.45) is 16.3 Å². The minimum atomic E-state index is -0.116. The summed E-state index contributed by atoms with van der Waals surface area (Å²) in [6.45, 7) is 11.4. The van der Waals surface area contributed by atoms with Crippen LogP contribution in [0.3, 0.4) is 0 Å². The molecule has 5 nitrogen and oxygen atoms in total. The van der Waals surface area contributed by atoms with Gasteiger partial charge in [-0.2, -0.15) is 0 Å². The minimum absolute atomic E-state index is 0.116. The van der Waals surface area contributed by atoms with Gasteiger partial charge in [0.05, 0.1) is 12.2 Å². The lowest BCUT2D eigenvalue weighted by atomic mass is 9.78. The Labute approximate surface area is 147 Å². The van der Waals surface area contributed by atoms with Gasteiger partial charge >= 0.3 is 0 Å². The van der Waals surface area contributed by atoms with Crippen LogP contribution in [0.15, 0.2) is 4.99 Å². The minimum Gasteiger partial charge on any atom is -0.393 e. The largest absolute Gasteiger partial charge is 0.393 e. The van der Waals surface area contributed by atoms with Gasteiger partial charge in [0.15, 0.2) is 5.96 Å². The van der Waals surface area contributed by atoms with E-state index in [-0.39, 0.29) is 17.6 Å². The zero-order valence-electron chi connectivity index (χ0n) is 16.0. The predicted molar refractivity (Wildman–Crippen MR) is 99.3 cm³/mol. The van der Waals surface area contributed by atoms with Gasteiger partial charge in [0.2, 0.25) is 0 Å². The van der Waals surface area contributed by atoms with Crippen molar-refractivity contribution in [1.29, 1.82) is 0 Å². The molecule has 0 bridgehead atoms. The third-order valence-electron chi connectivity index (χ3n) is 5.16. The number of aliphatic imine (C=N–C) groups is 1. The topological polar surface area (TPSA) is 65.9 Å². The number of ether oxygens (including phenoxy) is 1. The number of aliphatic hydroxyl groups is 1. The number of nitrogens with zero attached hydrogens (tertiary/aromatic N) is 1. The molecule has 0 spiro atoms. The third-order valence-corrected chi connectivity index (χ3v) is 5.16. The molecule has 1 aliphatic carbocycles. The molecule has 1 aliphatic heterocycles. The summed E-state index contributed by atoms with van der Waals surface area (Å²) in [6.07, 6.45) is 6.31. The van der Waals surface area contributed by atoms with Gasteiger partial charge < -0.3 is 20.5 Å².